The number of rotatable bonds is 1. The molecule has 2 aliphatic carbocycles. The molecule has 2 aliphatic rings. The maximum absolute atomic E-state index is 12.0. The monoisotopic (exact) mass is 356 g/mol. The van der Waals surface area contributed by atoms with E-state index in [0.29, 0.717) is 11.7 Å². The van der Waals surface area contributed by atoms with Crippen LogP contribution in [0, 0.1) is 16.7 Å². The van der Waals surface area contributed by atoms with Crippen LogP contribution in [0.15, 0.2) is 0 Å². The van der Waals surface area contributed by atoms with Crippen molar-refractivity contribution in [1.29, 1.82) is 0 Å². The van der Waals surface area contributed by atoms with Crippen molar-refractivity contribution < 1.29 is 4.79 Å². The molecule has 2 fully saturated rings. The maximum atomic E-state index is 12.0. The molecule has 0 aromatic heterocycles. The average Bonchev–Trinajstić information content (AvgIpc) is 2.44. The first-order chi connectivity index (χ1) is 5.97. The van der Waals surface area contributed by atoms with Crippen molar-refractivity contribution in [1.82, 2.24) is 0 Å². The summed E-state index contributed by atoms with van der Waals surface area (Å²) in [5, 5.41) is 0. The van der Waals surface area contributed by atoms with Crippen LogP contribution in [0.5, 0.6) is 0 Å². The Morgan fingerprint density at radius 2 is 2.23 bits per heavy atom. The molecule has 2 bridgehead atoms. The number of hydrogen-bond acceptors (Lipinski definition) is 1. The van der Waals surface area contributed by atoms with Gasteiger partial charge in [0.25, 0.3) is 0 Å². The second-order valence-corrected chi connectivity index (χ2v) is 6.54. The van der Waals surface area contributed by atoms with Crippen molar-refractivity contribution >= 4 is 44.3 Å². The first-order valence-electron chi connectivity index (χ1n) is 4.72. The molecule has 74 valence electrons. The molecule has 0 amide bonds. The third kappa shape index (κ3) is 1.01. The minimum absolute atomic E-state index is 0.0486. The van der Waals surface area contributed by atoms with Gasteiger partial charge in [0.1, 0.15) is 0 Å². The molecule has 0 aliphatic heterocycles. The van der Waals surface area contributed by atoms with Gasteiger partial charge in [0.15, 0.2) is 5.78 Å². The lowest BCUT2D eigenvalue weighted by Crippen LogP contribution is -2.36. The standard InChI is InChI=1S/C10H14BrIO/c1-9-4-3-6(7(11)8(9)13)10(9,2)5-12/h6-7H,3-5H2,1-2H3/t6-,7-,9+,10-/m1/s1. The van der Waals surface area contributed by atoms with Crippen LogP contribution in [0.1, 0.15) is 26.7 Å². The fourth-order valence-corrected chi connectivity index (χ4v) is 5.83. The number of Topliss-reactive ketones (excluding diaryl/α,β-unsaturated/α-hetero) is 1. The van der Waals surface area contributed by atoms with E-state index in [1.807, 2.05) is 0 Å². The number of alkyl halides is 2. The molecule has 0 unspecified atom stereocenters. The second kappa shape index (κ2) is 2.94. The Bertz CT molecular complexity index is 268. The lowest BCUT2D eigenvalue weighted by atomic mass is 9.70. The number of hydrogen-bond donors (Lipinski definition) is 0. The summed E-state index contributed by atoms with van der Waals surface area (Å²) in [7, 11) is 0. The highest BCUT2D eigenvalue weighted by atomic mass is 127. The van der Waals surface area contributed by atoms with Gasteiger partial charge in [0.05, 0.1) is 4.83 Å². The normalized spacial score (nSPS) is 54.6. The van der Waals surface area contributed by atoms with Gasteiger partial charge < -0.3 is 0 Å². The first kappa shape index (κ1) is 10.4. The third-order valence-corrected chi connectivity index (χ3v) is 7.10. The fourth-order valence-electron chi connectivity index (χ4n) is 3.07. The maximum Gasteiger partial charge on any atom is 0.153 e. The largest absolute Gasteiger partial charge is 0.298 e. The van der Waals surface area contributed by atoms with Crippen molar-refractivity contribution in [2.75, 3.05) is 4.43 Å². The molecular formula is C10H14BrIO. The smallest absolute Gasteiger partial charge is 0.153 e. The number of carbonyl (C=O) groups excluding carboxylic acids is 1. The third-order valence-electron chi connectivity index (χ3n) is 4.46. The van der Waals surface area contributed by atoms with Crippen molar-refractivity contribution in [3.8, 4) is 0 Å². The Balaban J connectivity index is 2.49. The van der Waals surface area contributed by atoms with Gasteiger partial charge in [-0.3, -0.25) is 4.79 Å². The van der Waals surface area contributed by atoms with E-state index in [1.165, 1.54) is 6.42 Å². The SMILES string of the molecule is C[C@]12CC[C@H]([C@@H](Br)C1=O)[C@@]2(C)CI. The molecule has 0 aromatic carbocycles. The van der Waals surface area contributed by atoms with Crippen LogP contribution < -0.4 is 0 Å². The molecule has 0 heterocycles. The molecule has 1 nitrogen and oxygen atoms in total. The van der Waals surface area contributed by atoms with E-state index in [9.17, 15) is 4.79 Å². The molecule has 2 saturated carbocycles. The average molecular weight is 357 g/mol. The van der Waals surface area contributed by atoms with Gasteiger partial charge >= 0.3 is 0 Å². The van der Waals surface area contributed by atoms with Gasteiger partial charge in [-0.1, -0.05) is 52.4 Å². The summed E-state index contributed by atoms with van der Waals surface area (Å²) >= 11 is 5.99. The van der Waals surface area contributed by atoms with Gasteiger partial charge in [-0.2, -0.15) is 0 Å². The van der Waals surface area contributed by atoms with Crippen LogP contribution in [0.4, 0.5) is 0 Å². The quantitative estimate of drug-likeness (QED) is 0.521. The topological polar surface area (TPSA) is 17.1 Å². The van der Waals surface area contributed by atoms with E-state index in [1.54, 1.807) is 0 Å². The molecule has 0 spiro atoms. The zero-order valence-corrected chi connectivity index (χ0v) is 11.7. The molecule has 3 heteroatoms. The summed E-state index contributed by atoms with van der Waals surface area (Å²) in [6.45, 7) is 4.45. The van der Waals surface area contributed by atoms with E-state index in [-0.39, 0.29) is 15.7 Å². The molecule has 0 aromatic rings. The van der Waals surface area contributed by atoms with Crippen LogP contribution in [-0.2, 0) is 4.79 Å². The molecular weight excluding hydrogens is 343 g/mol. The summed E-state index contributed by atoms with van der Waals surface area (Å²) in [5.74, 6) is 1.02. The minimum atomic E-state index is -0.0486. The Kier molecular flexibility index (Phi) is 2.35. The van der Waals surface area contributed by atoms with Crippen LogP contribution >= 0.6 is 38.5 Å². The predicted octanol–water partition coefficient (Wildman–Crippen LogP) is 3.19. The fraction of sp³-hybridized carbons (Fsp3) is 0.900. The predicted molar refractivity (Wildman–Crippen MR) is 65.5 cm³/mol. The zero-order valence-electron chi connectivity index (χ0n) is 7.94. The van der Waals surface area contributed by atoms with Crippen molar-refractivity contribution in [3.63, 3.8) is 0 Å². The zero-order chi connectivity index (χ0) is 9.85. The summed E-state index contributed by atoms with van der Waals surface area (Å²) in [6, 6.07) is 0. The number of ketones is 1. The van der Waals surface area contributed by atoms with Gasteiger partial charge in [0.2, 0.25) is 0 Å². The number of halogens is 2. The van der Waals surface area contributed by atoms with E-state index < -0.39 is 0 Å². The van der Waals surface area contributed by atoms with Crippen LogP contribution in [0.2, 0.25) is 0 Å². The Labute approximate surface area is 101 Å². The molecule has 2 rings (SSSR count). The van der Waals surface area contributed by atoms with Crippen molar-refractivity contribution in [2.45, 2.75) is 31.5 Å². The highest BCUT2D eigenvalue weighted by molar-refractivity contribution is 14.1. The summed E-state index contributed by atoms with van der Waals surface area (Å²) < 4.78 is 1.10. The second-order valence-electron chi connectivity index (χ2n) is 4.79. The first-order valence-corrected chi connectivity index (χ1v) is 7.16. The molecule has 0 N–H and O–H groups in total. The molecule has 0 saturated heterocycles. The highest BCUT2D eigenvalue weighted by Crippen LogP contribution is 2.65. The van der Waals surface area contributed by atoms with E-state index in [2.05, 4.69) is 52.4 Å². The molecule has 4 atom stereocenters. The van der Waals surface area contributed by atoms with Gasteiger partial charge in [-0.25, -0.2) is 0 Å². The number of carbonyl (C=O) groups is 1. The van der Waals surface area contributed by atoms with Gasteiger partial charge in [-0.15, -0.1) is 0 Å². The van der Waals surface area contributed by atoms with E-state index in [0.717, 1.165) is 10.8 Å². The van der Waals surface area contributed by atoms with E-state index >= 15 is 0 Å². The minimum Gasteiger partial charge on any atom is -0.298 e. The lowest BCUT2D eigenvalue weighted by molar-refractivity contribution is -0.127. The summed E-state index contributed by atoms with van der Waals surface area (Å²) in [6.07, 6.45) is 2.32. The highest BCUT2D eigenvalue weighted by Gasteiger charge is 2.67. The van der Waals surface area contributed by atoms with Crippen molar-refractivity contribution in [2.24, 2.45) is 16.7 Å². The van der Waals surface area contributed by atoms with E-state index in [4.69, 9.17) is 0 Å². The Hall–Kier alpha value is 0.880. The molecule has 13 heavy (non-hydrogen) atoms. The summed E-state index contributed by atoms with van der Waals surface area (Å²) in [5.41, 5.74) is 0.186. The Morgan fingerprint density at radius 3 is 2.54 bits per heavy atom. The van der Waals surface area contributed by atoms with Crippen LogP contribution in [0.3, 0.4) is 0 Å². The summed E-state index contributed by atoms with van der Waals surface area (Å²) in [4.78, 5) is 12.1. The van der Waals surface area contributed by atoms with Crippen molar-refractivity contribution in [3.05, 3.63) is 0 Å². The van der Waals surface area contributed by atoms with Gasteiger partial charge in [0, 0.05) is 9.84 Å². The number of fused-ring (bicyclic) bond motifs is 2. The Morgan fingerprint density at radius 1 is 1.62 bits per heavy atom. The van der Waals surface area contributed by atoms with Gasteiger partial charge in [-0.05, 0) is 24.2 Å². The van der Waals surface area contributed by atoms with Crippen LogP contribution in [0.25, 0.3) is 0 Å². The molecule has 0 radical (unpaired) electrons. The lowest BCUT2D eigenvalue weighted by Gasteiger charge is -2.34. The van der Waals surface area contributed by atoms with Crippen LogP contribution in [-0.4, -0.2) is 15.0 Å².